The maximum absolute atomic E-state index is 13.1. The van der Waals surface area contributed by atoms with Gasteiger partial charge in [0.15, 0.2) is 5.78 Å². The van der Waals surface area contributed by atoms with E-state index in [1.165, 1.54) is 18.2 Å². The fourth-order valence-electron chi connectivity index (χ4n) is 1.02. The number of hydrogen-bond donors (Lipinski definition) is 0. The molecule has 4 nitrogen and oxygen atoms in total. The SMILES string of the molecule is COC(=O)C([O-])=CC(=O)c1ccccc1F.[Na+]. The molecule has 0 aromatic heterocycles. The molecule has 0 radical (unpaired) electrons. The van der Waals surface area contributed by atoms with Crippen LogP contribution in [0.3, 0.4) is 0 Å². The van der Waals surface area contributed by atoms with Gasteiger partial charge in [-0.1, -0.05) is 12.1 Å². The van der Waals surface area contributed by atoms with Crippen molar-refractivity contribution in [1.29, 1.82) is 0 Å². The Kier molecular flexibility index (Phi) is 6.72. The Bertz CT molecular complexity index is 457. The molecule has 0 saturated heterocycles. The van der Waals surface area contributed by atoms with E-state index < -0.39 is 23.3 Å². The van der Waals surface area contributed by atoms with Crippen LogP contribution < -0.4 is 34.7 Å². The normalized spacial score (nSPS) is 10.4. The number of allylic oxidation sites excluding steroid dienone is 1. The summed E-state index contributed by atoms with van der Waals surface area (Å²) < 4.78 is 17.2. The Morgan fingerprint density at radius 1 is 1.35 bits per heavy atom. The van der Waals surface area contributed by atoms with Gasteiger partial charge < -0.3 is 9.84 Å². The van der Waals surface area contributed by atoms with Crippen molar-refractivity contribution in [2.45, 2.75) is 0 Å². The average molecular weight is 246 g/mol. The van der Waals surface area contributed by atoms with Crippen LogP contribution in [0.25, 0.3) is 0 Å². The molecule has 1 aromatic rings. The molecule has 17 heavy (non-hydrogen) atoms. The number of esters is 1. The minimum absolute atomic E-state index is 0. The number of carbonyl (C=O) groups excluding carboxylic acids is 2. The molecule has 0 aliphatic rings. The van der Waals surface area contributed by atoms with Crippen molar-refractivity contribution in [3.8, 4) is 0 Å². The van der Waals surface area contributed by atoms with Crippen LogP contribution in [0.5, 0.6) is 0 Å². The second-order valence-corrected chi connectivity index (χ2v) is 2.84. The topological polar surface area (TPSA) is 66.4 Å². The first-order chi connectivity index (χ1) is 7.56. The summed E-state index contributed by atoms with van der Waals surface area (Å²) in [5.41, 5.74) is -0.264. The van der Waals surface area contributed by atoms with Crippen LogP contribution in [0.15, 0.2) is 36.1 Å². The van der Waals surface area contributed by atoms with Crippen LogP contribution in [0.4, 0.5) is 4.39 Å². The van der Waals surface area contributed by atoms with Gasteiger partial charge in [0.1, 0.15) is 5.82 Å². The molecule has 1 rings (SSSR count). The summed E-state index contributed by atoms with van der Waals surface area (Å²) in [5, 5.41) is 11.0. The summed E-state index contributed by atoms with van der Waals surface area (Å²) in [6.07, 6.45) is 0.504. The molecule has 0 aliphatic heterocycles. The van der Waals surface area contributed by atoms with E-state index in [2.05, 4.69) is 4.74 Å². The molecule has 0 spiro atoms. The van der Waals surface area contributed by atoms with Gasteiger partial charge in [0, 0.05) is 0 Å². The standard InChI is InChI=1S/C11H9FO4.Na/c1-16-11(15)10(14)6-9(13)7-4-2-3-5-8(7)12;/h2-6,14H,1H3;/q;+1/p-1. The van der Waals surface area contributed by atoms with Gasteiger partial charge in [-0.2, -0.15) is 0 Å². The van der Waals surface area contributed by atoms with Crippen molar-refractivity contribution in [2.24, 2.45) is 0 Å². The summed E-state index contributed by atoms with van der Waals surface area (Å²) in [7, 11) is 1.02. The van der Waals surface area contributed by atoms with Gasteiger partial charge in [-0.25, -0.2) is 9.18 Å². The van der Waals surface area contributed by atoms with Crippen molar-refractivity contribution in [1.82, 2.24) is 0 Å². The maximum Gasteiger partial charge on any atom is 1.00 e. The molecule has 0 atom stereocenters. The van der Waals surface area contributed by atoms with E-state index in [0.29, 0.717) is 6.08 Å². The van der Waals surface area contributed by atoms with Crippen LogP contribution in [-0.4, -0.2) is 18.9 Å². The second-order valence-electron chi connectivity index (χ2n) is 2.84. The molecular formula is C11H8FNaO4. The minimum Gasteiger partial charge on any atom is -0.867 e. The van der Waals surface area contributed by atoms with Gasteiger partial charge >= 0.3 is 35.5 Å². The Balaban J connectivity index is 0.00000256. The molecule has 0 N–H and O–H groups in total. The third-order valence-corrected chi connectivity index (χ3v) is 1.79. The first-order valence-corrected chi connectivity index (χ1v) is 4.32. The van der Waals surface area contributed by atoms with E-state index in [-0.39, 0.29) is 35.1 Å². The monoisotopic (exact) mass is 246 g/mol. The number of rotatable bonds is 3. The molecule has 0 heterocycles. The summed E-state index contributed by atoms with van der Waals surface area (Å²) in [6, 6.07) is 5.17. The zero-order chi connectivity index (χ0) is 12.1. The quantitative estimate of drug-likeness (QED) is 0.193. The number of benzene rings is 1. The van der Waals surface area contributed by atoms with E-state index in [1.807, 2.05) is 0 Å². The fraction of sp³-hybridized carbons (Fsp3) is 0.0909. The van der Waals surface area contributed by atoms with Gasteiger partial charge in [0.2, 0.25) is 0 Å². The predicted octanol–water partition coefficient (Wildman–Crippen LogP) is -2.57. The first-order valence-electron chi connectivity index (χ1n) is 4.32. The van der Waals surface area contributed by atoms with Gasteiger partial charge in [0.25, 0.3) is 0 Å². The maximum atomic E-state index is 13.1. The molecule has 0 aliphatic carbocycles. The molecule has 6 heteroatoms. The fourth-order valence-corrected chi connectivity index (χ4v) is 1.02. The molecular weight excluding hydrogens is 238 g/mol. The Labute approximate surface area is 119 Å². The van der Waals surface area contributed by atoms with Gasteiger partial charge in [0.05, 0.1) is 12.7 Å². The smallest absolute Gasteiger partial charge is 0.867 e. The van der Waals surface area contributed by atoms with Crippen molar-refractivity contribution >= 4 is 11.8 Å². The van der Waals surface area contributed by atoms with E-state index >= 15 is 0 Å². The van der Waals surface area contributed by atoms with E-state index in [0.717, 1.165) is 13.2 Å². The Morgan fingerprint density at radius 3 is 2.47 bits per heavy atom. The van der Waals surface area contributed by atoms with Gasteiger partial charge in [-0.05, 0) is 24.0 Å². The minimum atomic E-state index is -1.16. The predicted molar refractivity (Wildman–Crippen MR) is 50.8 cm³/mol. The largest absolute Gasteiger partial charge is 1.00 e. The Morgan fingerprint density at radius 2 is 1.94 bits per heavy atom. The summed E-state index contributed by atoms with van der Waals surface area (Å²) in [6.45, 7) is 0. The van der Waals surface area contributed by atoms with Gasteiger partial charge in [-0.15, -0.1) is 0 Å². The summed E-state index contributed by atoms with van der Waals surface area (Å²) in [5.74, 6) is -3.89. The average Bonchev–Trinajstić information content (AvgIpc) is 2.28. The van der Waals surface area contributed by atoms with Crippen molar-refractivity contribution < 1.29 is 53.4 Å². The molecule has 0 bridgehead atoms. The first kappa shape index (κ1) is 15.8. The number of methoxy groups -OCH3 is 1. The summed E-state index contributed by atoms with van der Waals surface area (Å²) in [4.78, 5) is 22.1. The summed E-state index contributed by atoms with van der Waals surface area (Å²) >= 11 is 0. The van der Waals surface area contributed by atoms with E-state index in [4.69, 9.17) is 0 Å². The van der Waals surface area contributed by atoms with Crippen LogP contribution >= 0.6 is 0 Å². The second kappa shape index (κ2) is 7.21. The number of ketones is 1. The molecule has 0 unspecified atom stereocenters. The Hall–Kier alpha value is -1.17. The molecule has 0 amide bonds. The zero-order valence-electron chi connectivity index (χ0n) is 9.40. The van der Waals surface area contributed by atoms with Crippen molar-refractivity contribution in [3.63, 3.8) is 0 Å². The van der Waals surface area contributed by atoms with Crippen LogP contribution in [0.1, 0.15) is 10.4 Å². The molecule has 84 valence electrons. The number of hydrogen-bond acceptors (Lipinski definition) is 4. The van der Waals surface area contributed by atoms with Crippen LogP contribution in [-0.2, 0) is 9.53 Å². The zero-order valence-corrected chi connectivity index (χ0v) is 11.4. The van der Waals surface area contributed by atoms with Crippen LogP contribution in [0.2, 0.25) is 0 Å². The van der Waals surface area contributed by atoms with E-state index in [1.54, 1.807) is 0 Å². The number of ether oxygens (including phenoxy) is 1. The molecule has 0 fully saturated rings. The molecule has 1 aromatic carbocycles. The van der Waals surface area contributed by atoms with Gasteiger partial charge in [-0.3, -0.25) is 4.79 Å². The van der Waals surface area contributed by atoms with Crippen LogP contribution in [0, 0.1) is 5.82 Å². The van der Waals surface area contributed by atoms with Crippen molar-refractivity contribution in [3.05, 3.63) is 47.5 Å². The molecule has 0 saturated carbocycles. The third-order valence-electron chi connectivity index (χ3n) is 1.79. The number of carbonyl (C=O) groups is 2. The van der Waals surface area contributed by atoms with E-state index in [9.17, 15) is 19.1 Å². The number of halogens is 1. The third kappa shape index (κ3) is 4.30. The van der Waals surface area contributed by atoms with Crippen molar-refractivity contribution in [2.75, 3.05) is 7.11 Å².